The smallest absolute Gasteiger partial charge is 0.314 e. The lowest BCUT2D eigenvalue weighted by Gasteiger charge is -2.33. The number of hydrogen-bond acceptors (Lipinski definition) is 3. The maximum atomic E-state index is 12.3. The molecule has 1 aliphatic rings. The highest BCUT2D eigenvalue weighted by atomic mass is 32.2. The van der Waals surface area contributed by atoms with Gasteiger partial charge in [-0.05, 0) is 29.5 Å². The zero-order valence-corrected chi connectivity index (χ0v) is 11.8. The van der Waals surface area contributed by atoms with Crippen molar-refractivity contribution in [3.8, 4) is 0 Å². The number of halogens is 3. The van der Waals surface area contributed by atoms with Crippen LogP contribution in [0, 0.1) is 0 Å². The number of nitrogens with one attached hydrogen (secondary N) is 1. The average molecular weight is 302 g/mol. The van der Waals surface area contributed by atoms with Crippen molar-refractivity contribution in [3.63, 3.8) is 0 Å². The van der Waals surface area contributed by atoms with Gasteiger partial charge in [-0.2, -0.15) is 13.2 Å². The molecule has 0 radical (unpaired) electrons. The topological polar surface area (TPSA) is 15.3 Å². The zero-order chi connectivity index (χ0) is 14.6. The van der Waals surface area contributed by atoms with E-state index in [9.17, 15) is 13.2 Å². The summed E-state index contributed by atoms with van der Waals surface area (Å²) in [7, 11) is 0. The number of rotatable bonds is 4. The highest BCUT2D eigenvalue weighted by Gasteiger charge is 2.29. The molecule has 1 heterocycles. The molecule has 0 unspecified atom stereocenters. The van der Waals surface area contributed by atoms with Crippen LogP contribution in [0.1, 0.15) is 11.6 Å². The Morgan fingerprint density at radius 2 is 1.80 bits per heavy atom. The molecule has 1 aliphatic heterocycles. The Labute approximate surface area is 121 Å². The maximum Gasteiger partial charge on any atom is 0.446 e. The second-order valence-corrected chi connectivity index (χ2v) is 5.72. The summed E-state index contributed by atoms with van der Waals surface area (Å²) in [6.45, 7) is 7.52. The van der Waals surface area contributed by atoms with E-state index < -0.39 is 5.51 Å². The molecule has 2 rings (SSSR count). The summed E-state index contributed by atoms with van der Waals surface area (Å²) in [6, 6.07) is 6.60. The number of benzene rings is 1. The summed E-state index contributed by atoms with van der Waals surface area (Å²) in [4.78, 5) is 2.49. The maximum absolute atomic E-state index is 12.3. The molecule has 1 N–H and O–H groups in total. The Kier molecular flexibility index (Phi) is 5.12. The van der Waals surface area contributed by atoms with Gasteiger partial charge in [-0.25, -0.2) is 0 Å². The quantitative estimate of drug-likeness (QED) is 0.677. The van der Waals surface area contributed by atoms with Crippen molar-refractivity contribution in [2.75, 3.05) is 26.2 Å². The molecule has 0 amide bonds. The van der Waals surface area contributed by atoms with E-state index in [1.165, 1.54) is 12.1 Å². The second kappa shape index (κ2) is 6.65. The SMILES string of the molecule is C=C[C@H](c1ccc(SC(F)(F)F)cc1)N1CCNCC1. The molecule has 0 aliphatic carbocycles. The van der Waals surface area contributed by atoms with Gasteiger partial charge in [0.25, 0.3) is 0 Å². The van der Waals surface area contributed by atoms with Crippen LogP contribution in [-0.4, -0.2) is 36.6 Å². The standard InChI is InChI=1S/C14H17F3N2S/c1-2-13(19-9-7-18-8-10-19)11-3-5-12(6-4-11)20-14(15,16)17/h2-6,13,18H,1,7-10H2/t13-/m1/s1. The van der Waals surface area contributed by atoms with E-state index in [2.05, 4.69) is 16.8 Å². The molecule has 1 aromatic rings. The van der Waals surface area contributed by atoms with E-state index in [-0.39, 0.29) is 22.7 Å². The molecule has 110 valence electrons. The van der Waals surface area contributed by atoms with Crippen molar-refractivity contribution in [2.45, 2.75) is 16.4 Å². The first-order valence-corrected chi connectivity index (χ1v) is 7.24. The van der Waals surface area contributed by atoms with Crippen molar-refractivity contribution < 1.29 is 13.2 Å². The van der Waals surface area contributed by atoms with Gasteiger partial charge in [0.2, 0.25) is 0 Å². The van der Waals surface area contributed by atoms with Gasteiger partial charge >= 0.3 is 5.51 Å². The number of thioether (sulfide) groups is 1. The third kappa shape index (κ3) is 4.26. The van der Waals surface area contributed by atoms with Crippen LogP contribution in [0.25, 0.3) is 0 Å². The normalized spacial score (nSPS) is 18.8. The van der Waals surface area contributed by atoms with E-state index in [4.69, 9.17) is 0 Å². The fourth-order valence-electron chi connectivity index (χ4n) is 2.32. The monoisotopic (exact) mass is 302 g/mol. The summed E-state index contributed by atoms with van der Waals surface area (Å²) in [5, 5.41) is 3.28. The van der Waals surface area contributed by atoms with E-state index in [1.807, 2.05) is 6.08 Å². The zero-order valence-electron chi connectivity index (χ0n) is 11.0. The van der Waals surface area contributed by atoms with E-state index >= 15 is 0 Å². The number of piperazine rings is 1. The fourth-order valence-corrected chi connectivity index (χ4v) is 2.86. The minimum absolute atomic E-state index is 0.0574. The highest BCUT2D eigenvalue weighted by Crippen LogP contribution is 2.37. The van der Waals surface area contributed by atoms with Crippen LogP contribution < -0.4 is 5.32 Å². The summed E-state index contributed by atoms with van der Waals surface area (Å²) in [5.41, 5.74) is -3.26. The number of alkyl halides is 3. The van der Waals surface area contributed by atoms with Gasteiger partial charge in [0.05, 0.1) is 6.04 Å². The van der Waals surface area contributed by atoms with Crippen LogP contribution >= 0.6 is 11.8 Å². The van der Waals surface area contributed by atoms with Crippen molar-refractivity contribution in [2.24, 2.45) is 0 Å². The molecular weight excluding hydrogens is 285 g/mol. The Balaban J connectivity index is 2.08. The first kappa shape index (κ1) is 15.4. The highest BCUT2D eigenvalue weighted by molar-refractivity contribution is 8.00. The van der Waals surface area contributed by atoms with Gasteiger partial charge in [0, 0.05) is 31.1 Å². The van der Waals surface area contributed by atoms with Crippen LogP contribution in [0.4, 0.5) is 13.2 Å². The Hall–Kier alpha value is -0.980. The summed E-state index contributed by atoms with van der Waals surface area (Å²) in [6.07, 6.45) is 1.84. The second-order valence-electron chi connectivity index (χ2n) is 4.58. The van der Waals surface area contributed by atoms with Crippen molar-refractivity contribution in [1.82, 2.24) is 10.2 Å². The molecule has 1 saturated heterocycles. The van der Waals surface area contributed by atoms with Crippen molar-refractivity contribution in [3.05, 3.63) is 42.5 Å². The van der Waals surface area contributed by atoms with Crippen LogP contribution in [0.5, 0.6) is 0 Å². The molecule has 0 saturated carbocycles. The Morgan fingerprint density at radius 1 is 1.20 bits per heavy atom. The fraction of sp³-hybridized carbons (Fsp3) is 0.429. The van der Waals surface area contributed by atoms with Gasteiger partial charge in [-0.1, -0.05) is 18.2 Å². The van der Waals surface area contributed by atoms with E-state index in [0.29, 0.717) is 0 Å². The van der Waals surface area contributed by atoms with Gasteiger partial charge in [0.15, 0.2) is 0 Å². The molecular formula is C14H17F3N2S. The lowest BCUT2D eigenvalue weighted by Crippen LogP contribution is -2.44. The van der Waals surface area contributed by atoms with Gasteiger partial charge < -0.3 is 5.32 Å². The third-order valence-electron chi connectivity index (χ3n) is 3.22. The number of hydrogen-bond donors (Lipinski definition) is 1. The summed E-state index contributed by atoms with van der Waals surface area (Å²) in [5.74, 6) is 0. The lowest BCUT2D eigenvalue weighted by atomic mass is 10.0. The Bertz CT molecular complexity index is 439. The van der Waals surface area contributed by atoms with Gasteiger partial charge in [0.1, 0.15) is 0 Å². The Morgan fingerprint density at radius 3 is 2.30 bits per heavy atom. The number of nitrogens with zero attached hydrogens (tertiary/aromatic N) is 1. The van der Waals surface area contributed by atoms with E-state index in [1.54, 1.807) is 12.1 Å². The van der Waals surface area contributed by atoms with Crippen molar-refractivity contribution >= 4 is 11.8 Å². The first-order chi connectivity index (χ1) is 9.49. The minimum Gasteiger partial charge on any atom is -0.314 e. The molecule has 2 nitrogen and oxygen atoms in total. The van der Waals surface area contributed by atoms with Crippen LogP contribution in [0.2, 0.25) is 0 Å². The lowest BCUT2D eigenvalue weighted by molar-refractivity contribution is -0.0328. The predicted molar refractivity (Wildman–Crippen MR) is 75.7 cm³/mol. The third-order valence-corrected chi connectivity index (χ3v) is 3.96. The molecule has 0 bridgehead atoms. The van der Waals surface area contributed by atoms with Crippen LogP contribution in [-0.2, 0) is 0 Å². The molecule has 20 heavy (non-hydrogen) atoms. The van der Waals surface area contributed by atoms with Gasteiger partial charge in [-0.3, -0.25) is 4.90 Å². The molecule has 6 heteroatoms. The summed E-state index contributed by atoms with van der Waals surface area (Å²) >= 11 is -0.0851. The van der Waals surface area contributed by atoms with Crippen LogP contribution in [0.3, 0.4) is 0 Å². The van der Waals surface area contributed by atoms with Crippen LogP contribution in [0.15, 0.2) is 41.8 Å². The van der Waals surface area contributed by atoms with E-state index in [0.717, 1.165) is 31.7 Å². The minimum atomic E-state index is -4.24. The average Bonchev–Trinajstić information content (AvgIpc) is 2.41. The molecule has 1 aromatic carbocycles. The molecule has 0 spiro atoms. The molecule has 0 aromatic heterocycles. The first-order valence-electron chi connectivity index (χ1n) is 6.42. The molecule has 1 atom stereocenters. The van der Waals surface area contributed by atoms with Crippen molar-refractivity contribution in [1.29, 1.82) is 0 Å². The summed E-state index contributed by atoms with van der Waals surface area (Å²) < 4.78 is 36.9. The van der Waals surface area contributed by atoms with Gasteiger partial charge in [-0.15, -0.1) is 6.58 Å². The largest absolute Gasteiger partial charge is 0.446 e. The predicted octanol–water partition coefficient (Wildman–Crippen LogP) is 3.43. The molecule has 1 fully saturated rings.